The number of hydrogen-bond donors (Lipinski definition) is 1. The minimum absolute atomic E-state index is 0.153. The number of nitrogens with two attached hydrogens (primary N) is 1. The van der Waals surface area contributed by atoms with Crippen LogP contribution in [0.2, 0.25) is 0 Å². The van der Waals surface area contributed by atoms with Crippen LogP contribution in [-0.2, 0) is 23.9 Å². The van der Waals surface area contributed by atoms with Crippen LogP contribution in [0.15, 0.2) is 0 Å². The molecule has 18 heavy (non-hydrogen) atoms. The molecule has 1 amide bonds. The van der Waals surface area contributed by atoms with Crippen molar-refractivity contribution in [1.82, 2.24) is 4.90 Å². The first kappa shape index (κ1) is 14.4. The lowest BCUT2D eigenvalue weighted by atomic mass is 10.2. The summed E-state index contributed by atoms with van der Waals surface area (Å²) in [6.07, 6.45) is 1.20. The number of carbonyl (C=O) groups excluding carboxylic acids is 3. The molecule has 2 atom stereocenters. The van der Waals surface area contributed by atoms with E-state index in [1.807, 2.05) is 0 Å². The third kappa shape index (κ3) is 2.98. The van der Waals surface area contributed by atoms with E-state index in [1.165, 1.54) is 12.0 Å². The predicted molar refractivity (Wildman–Crippen MR) is 61.4 cm³/mol. The highest BCUT2D eigenvalue weighted by Crippen LogP contribution is 2.19. The number of amides is 1. The normalized spacial score (nSPS) is 20.4. The van der Waals surface area contributed by atoms with Gasteiger partial charge in [0.1, 0.15) is 6.04 Å². The zero-order valence-electron chi connectivity index (χ0n) is 10.5. The van der Waals surface area contributed by atoms with E-state index in [4.69, 9.17) is 5.73 Å². The first-order valence-corrected chi connectivity index (χ1v) is 5.83. The van der Waals surface area contributed by atoms with Gasteiger partial charge in [0, 0.05) is 6.54 Å². The molecule has 0 bridgehead atoms. The molecule has 1 rings (SSSR count). The summed E-state index contributed by atoms with van der Waals surface area (Å²) in [6.45, 7) is 2.17. The topological polar surface area (TPSA) is 98.9 Å². The molecule has 0 saturated carbocycles. The maximum atomic E-state index is 12.0. The van der Waals surface area contributed by atoms with E-state index in [9.17, 15) is 14.4 Å². The second-order valence-corrected chi connectivity index (χ2v) is 3.94. The third-order valence-corrected chi connectivity index (χ3v) is 2.82. The summed E-state index contributed by atoms with van der Waals surface area (Å²) in [6, 6.07) is -2.03. The monoisotopic (exact) mass is 258 g/mol. The number of likely N-dealkylation sites (tertiary alicyclic amines) is 1. The summed E-state index contributed by atoms with van der Waals surface area (Å²) < 4.78 is 9.29. The van der Waals surface area contributed by atoms with Gasteiger partial charge in [-0.3, -0.25) is 4.79 Å². The smallest absolute Gasteiger partial charge is 0.332 e. The van der Waals surface area contributed by atoms with E-state index in [1.54, 1.807) is 6.92 Å². The maximum Gasteiger partial charge on any atom is 0.332 e. The molecule has 0 aromatic rings. The van der Waals surface area contributed by atoms with Crippen molar-refractivity contribution in [1.29, 1.82) is 0 Å². The summed E-state index contributed by atoms with van der Waals surface area (Å²) in [5, 5.41) is 0. The summed E-state index contributed by atoms with van der Waals surface area (Å²) in [7, 11) is 1.26. The Kier molecular flexibility index (Phi) is 5.08. The van der Waals surface area contributed by atoms with Gasteiger partial charge in [-0.25, -0.2) is 9.59 Å². The quantitative estimate of drug-likeness (QED) is 0.515. The average Bonchev–Trinajstić information content (AvgIpc) is 2.85. The molecule has 0 aliphatic carbocycles. The Morgan fingerprint density at radius 2 is 2.11 bits per heavy atom. The summed E-state index contributed by atoms with van der Waals surface area (Å²) in [4.78, 5) is 36.1. The molecular formula is C11H18N2O5. The molecule has 2 N–H and O–H groups in total. The molecule has 1 saturated heterocycles. The van der Waals surface area contributed by atoms with Gasteiger partial charge in [0.2, 0.25) is 0 Å². The number of hydrogen-bond acceptors (Lipinski definition) is 6. The molecule has 7 nitrogen and oxygen atoms in total. The Morgan fingerprint density at radius 1 is 1.44 bits per heavy atom. The van der Waals surface area contributed by atoms with Crippen LogP contribution in [0.25, 0.3) is 0 Å². The third-order valence-electron chi connectivity index (χ3n) is 2.82. The van der Waals surface area contributed by atoms with Crippen molar-refractivity contribution in [2.75, 3.05) is 20.3 Å². The number of nitrogens with zero attached hydrogens (tertiary/aromatic N) is 1. The van der Waals surface area contributed by atoms with Gasteiger partial charge < -0.3 is 20.1 Å². The molecule has 0 radical (unpaired) electrons. The van der Waals surface area contributed by atoms with Crippen LogP contribution in [-0.4, -0.2) is 55.1 Å². The van der Waals surface area contributed by atoms with E-state index in [0.717, 1.165) is 0 Å². The molecule has 2 unspecified atom stereocenters. The van der Waals surface area contributed by atoms with Crippen LogP contribution >= 0.6 is 0 Å². The van der Waals surface area contributed by atoms with Crippen LogP contribution in [0.1, 0.15) is 19.8 Å². The van der Waals surface area contributed by atoms with Crippen molar-refractivity contribution in [3.8, 4) is 0 Å². The van der Waals surface area contributed by atoms with E-state index in [0.29, 0.717) is 19.4 Å². The highest BCUT2D eigenvalue weighted by Gasteiger charge is 2.39. The second kappa shape index (κ2) is 6.34. The molecule has 1 aliphatic heterocycles. The van der Waals surface area contributed by atoms with Crippen LogP contribution in [0.5, 0.6) is 0 Å². The highest BCUT2D eigenvalue weighted by molar-refractivity contribution is 6.03. The van der Waals surface area contributed by atoms with Crippen molar-refractivity contribution in [2.24, 2.45) is 5.73 Å². The number of methoxy groups -OCH3 is 1. The number of ether oxygens (including phenoxy) is 2. The lowest BCUT2D eigenvalue weighted by Crippen LogP contribution is -2.52. The van der Waals surface area contributed by atoms with Gasteiger partial charge in [-0.2, -0.15) is 0 Å². The predicted octanol–water partition coefficient (Wildman–Crippen LogP) is -0.959. The average molecular weight is 258 g/mol. The minimum Gasteiger partial charge on any atom is -0.467 e. The number of carbonyl (C=O) groups is 3. The first-order chi connectivity index (χ1) is 8.52. The molecule has 0 aromatic heterocycles. The molecule has 1 heterocycles. The number of rotatable bonds is 4. The summed E-state index contributed by atoms with van der Waals surface area (Å²) in [5.41, 5.74) is 5.51. The summed E-state index contributed by atoms with van der Waals surface area (Å²) >= 11 is 0. The highest BCUT2D eigenvalue weighted by atomic mass is 16.5. The minimum atomic E-state index is -1.38. The molecule has 7 heteroatoms. The molecule has 0 spiro atoms. The van der Waals surface area contributed by atoms with Crippen molar-refractivity contribution in [3.63, 3.8) is 0 Å². The zero-order valence-corrected chi connectivity index (χ0v) is 10.5. The summed E-state index contributed by atoms with van der Waals surface area (Å²) in [5.74, 6) is -1.86. The molecular weight excluding hydrogens is 240 g/mol. The van der Waals surface area contributed by atoms with Crippen molar-refractivity contribution >= 4 is 17.8 Å². The van der Waals surface area contributed by atoms with E-state index in [2.05, 4.69) is 9.47 Å². The van der Waals surface area contributed by atoms with Gasteiger partial charge in [0.15, 0.2) is 6.04 Å². The Morgan fingerprint density at radius 3 is 2.67 bits per heavy atom. The van der Waals surface area contributed by atoms with Gasteiger partial charge in [0.05, 0.1) is 13.7 Å². The van der Waals surface area contributed by atoms with E-state index >= 15 is 0 Å². The van der Waals surface area contributed by atoms with Crippen LogP contribution < -0.4 is 5.73 Å². The molecule has 0 aromatic carbocycles. The fraction of sp³-hybridized carbons (Fsp3) is 0.727. The van der Waals surface area contributed by atoms with E-state index < -0.39 is 29.9 Å². The Hall–Kier alpha value is -1.63. The number of esters is 2. The van der Waals surface area contributed by atoms with Gasteiger partial charge in [-0.1, -0.05) is 0 Å². The lowest BCUT2D eigenvalue weighted by molar-refractivity contribution is -0.156. The van der Waals surface area contributed by atoms with Crippen molar-refractivity contribution < 1.29 is 23.9 Å². The first-order valence-electron chi connectivity index (χ1n) is 5.83. The van der Waals surface area contributed by atoms with Crippen molar-refractivity contribution in [3.05, 3.63) is 0 Å². The Bertz CT molecular complexity index is 344. The van der Waals surface area contributed by atoms with Gasteiger partial charge in [0.25, 0.3) is 5.91 Å². The van der Waals surface area contributed by atoms with Crippen LogP contribution in [0.3, 0.4) is 0 Å². The van der Waals surface area contributed by atoms with Crippen molar-refractivity contribution in [2.45, 2.75) is 31.8 Å². The molecule has 102 valence electrons. The Labute approximate surface area is 105 Å². The standard InChI is InChI=1S/C11H18N2O5/c1-3-18-11(16)8(12)9(14)13-6-4-5-7(13)10(15)17-2/h7-8H,3-6,12H2,1-2H3. The maximum absolute atomic E-state index is 12.0. The van der Waals surface area contributed by atoms with Gasteiger partial charge in [-0.05, 0) is 19.8 Å². The van der Waals surface area contributed by atoms with Gasteiger partial charge in [-0.15, -0.1) is 0 Å². The fourth-order valence-electron chi connectivity index (χ4n) is 1.92. The lowest BCUT2D eigenvalue weighted by Gasteiger charge is -2.24. The van der Waals surface area contributed by atoms with Crippen LogP contribution in [0.4, 0.5) is 0 Å². The van der Waals surface area contributed by atoms with Crippen LogP contribution in [0, 0.1) is 0 Å². The zero-order chi connectivity index (χ0) is 13.7. The largest absolute Gasteiger partial charge is 0.467 e. The van der Waals surface area contributed by atoms with E-state index in [-0.39, 0.29) is 6.61 Å². The van der Waals surface area contributed by atoms with Gasteiger partial charge >= 0.3 is 11.9 Å². The fourth-order valence-corrected chi connectivity index (χ4v) is 1.92. The SMILES string of the molecule is CCOC(=O)C(N)C(=O)N1CCCC1C(=O)OC. The molecule has 1 fully saturated rings. The second-order valence-electron chi connectivity index (χ2n) is 3.94. The Balaban J connectivity index is 2.70. The molecule has 1 aliphatic rings.